The van der Waals surface area contributed by atoms with Crippen molar-refractivity contribution >= 4 is 11.8 Å². The van der Waals surface area contributed by atoms with E-state index in [0.717, 1.165) is 25.8 Å². The van der Waals surface area contributed by atoms with Crippen molar-refractivity contribution in [2.45, 2.75) is 64.7 Å². The van der Waals surface area contributed by atoms with Gasteiger partial charge in [0.15, 0.2) is 0 Å². The van der Waals surface area contributed by atoms with Gasteiger partial charge in [0.1, 0.15) is 6.61 Å². The van der Waals surface area contributed by atoms with Gasteiger partial charge >= 0.3 is 0 Å². The second-order valence-corrected chi connectivity index (χ2v) is 5.04. The van der Waals surface area contributed by atoms with E-state index in [4.69, 9.17) is 5.11 Å². The van der Waals surface area contributed by atoms with E-state index in [0.29, 0.717) is 13.0 Å². The number of carbonyl (C=O) groups excluding carboxylic acids is 2. The van der Waals surface area contributed by atoms with Crippen LogP contribution in [-0.2, 0) is 9.59 Å². The van der Waals surface area contributed by atoms with E-state index < -0.39 is 6.61 Å². The molecule has 0 aromatic heterocycles. The number of nitrogens with one attached hydrogen (secondary N) is 2. The first-order valence-corrected chi connectivity index (χ1v) is 7.85. The Balaban J connectivity index is 3.06. The number of unbranched alkanes of at least 4 members (excludes halogenated alkanes) is 7. The lowest BCUT2D eigenvalue weighted by atomic mass is 10.1. The van der Waals surface area contributed by atoms with Gasteiger partial charge in [-0.2, -0.15) is 0 Å². The highest BCUT2D eigenvalue weighted by Crippen LogP contribution is 2.08. The Morgan fingerprint density at radius 1 is 0.750 bits per heavy atom. The van der Waals surface area contributed by atoms with Gasteiger partial charge in [0.2, 0.25) is 11.8 Å². The van der Waals surface area contributed by atoms with Crippen molar-refractivity contribution in [1.82, 2.24) is 10.6 Å². The van der Waals surface area contributed by atoms with E-state index in [1.54, 1.807) is 0 Å². The molecule has 20 heavy (non-hydrogen) atoms. The molecule has 0 fully saturated rings. The highest BCUT2D eigenvalue weighted by atomic mass is 16.3. The van der Waals surface area contributed by atoms with Gasteiger partial charge in [-0.05, 0) is 12.8 Å². The molecule has 0 radical (unpaired) electrons. The van der Waals surface area contributed by atoms with E-state index >= 15 is 0 Å². The van der Waals surface area contributed by atoms with Crippen molar-refractivity contribution in [2.24, 2.45) is 0 Å². The van der Waals surface area contributed by atoms with Crippen LogP contribution in [0.5, 0.6) is 0 Å². The number of rotatable bonds is 13. The minimum atomic E-state index is -0.418. The normalized spacial score (nSPS) is 10.3. The zero-order valence-corrected chi connectivity index (χ0v) is 12.7. The van der Waals surface area contributed by atoms with Gasteiger partial charge in [-0.1, -0.05) is 45.4 Å². The largest absolute Gasteiger partial charge is 0.387 e. The second-order valence-electron chi connectivity index (χ2n) is 5.04. The number of carbonyl (C=O) groups is 2. The molecule has 0 unspecified atom stereocenters. The molecule has 5 nitrogen and oxygen atoms in total. The Bertz CT molecular complexity index is 232. The van der Waals surface area contributed by atoms with Gasteiger partial charge in [-0.25, -0.2) is 0 Å². The molecule has 0 aliphatic heterocycles. The monoisotopic (exact) mass is 286 g/mol. The fourth-order valence-electron chi connectivity index (χ4n) is 1.95. The molecular formula is C15H30N2O3. The summed E-state index contributed by atoms with van der Waals surface area (Å²) in [5, 5.41) is 14.0. The lowest BCUT2D eigenvalue weighted by molar-refractivity contribution is -0.123. The number of aliphatic hydroxyl groups is 1. The van der Waals surface area contributed by atoms with Crippen molar-refractivity contribution in [1.29, 1.82) is 0 Å². The quantitative estimate of drug-likeness (QED) is 0.451. The van der Waals surface area contributed by atoms with Gasteiger partial charge in [0.25, 0.3) is 0 Å². The summed E-state index contributed by atoms with van der Waals surface area (Å²) in [4.78, 5) is 21.7. The summed E-state index contributed by atoms with van der Waals surface area (Å²) in [6, 6.07) is 0. The first kappa shape index (κ1) is 18.9. The number of aliphatic hydroxyl groups excluding tert-OH is 1. The van der Waals surface area contributed by atoms with Crippen LogP contribution >= 0.6 is 0 Å². The Hall–Kier alpha value is -1.10. The van der Waals surface area contributed by atoms with Gasteiger partial charge in [-0.15, -0.1) is 0 Å². The standard InChI is InChI=1S/C15H30N2O3/c1-2-14(19)16-11-9-7-5-3-4-6-8-10-12-17-15(20)13-18/h18H,2-13H2,1H3,(H,16,19)(H,17,20). The molecule has 2 amide bonds. The summed E-state index contributed by atoms with van der Waals surface area (Å²) < 4.78 is 0. The smallest absolute Gasteiger partial charge is 0.245 e. The summed E-state index contributed by atoms with van der Waals surface area (Å²) in [7, 11) is 0. The molecule has 0 spiro atoms. The Labute approximate surface area is 122 Å². The van der Waals surface area contributed by atoms with E-state index in [1.807, 2.05) is 6.92 Å². The molecule has 0 saturated carbocycles. The zero-order valence-electron chi connectivity index (χ0n) is 12.7. The van der Waals surface area contributed by atoms with E-state index in [9.17, 15) is 9.59 Å². The summed E-state index contributed by atoms with van der Waals surface area (Å²) in [5.74, 6) is -0.154. The highest BCUT2D eigenvalue weighted by molar-refractivity contribution is 5.76. The zero-order chi connectivity index (χ0) is 15.1. The number of amides is 2. The average Bonchev–Trinajstić information content (AvgIpc) is 2.47. The fraction of sp³-hybridized carbons (Fsp3) is 0.867. The molecule has 0 rings (SSSR count). The lowest BCUT2D eigenvalue weighted by Gasteiger charge is -2.04. The summed E-state index contributed by atoms with van der Waals surface area (Å²) in [6.45, 7) is 2.91. The van der Waals surface area contributed by atoms with E-state index in [1.165, 1.54) is 32.1 Å². The molecule has 0 bridgehead atoms. The lowest BCUT2D eigenvalue weighted by Crippen LogP contribution is -2.26. The van der Waals surface area contributed by atoms with Gasteiger partial charge < -0.3 is 15.7 Å². The van der Waals surface area contributed by atoms with Crippen molar-refractivity contribution in [3.05, 3.63) is 0 Å². The SMILES string of the molecule is CCC(=O)NCCCCCCCCCCNC(=O)CO. The maximum absolute atomic E-state index is 11.0. The van der Waals surface area contributed by atoms with Crippen molar-refractivity contribution < 1.29 is 14.7 Å². The Kier molecular flexibility index (Phi) is 13.5. The van der Waals surface area contributed by atoms with Crippen molar-refractivity contribution in [3.8, 4) is 0 Å². The molecular weight excluding hydrogens is 256 g/mol. The number of hydrogen-bond acceptors (Lipinski definition) is 3. The second kappa shape index (κ2) is 14.3. The first-order valence-electron chi connectivity index (χ1n) is 7.85. The maximum atomic E-state index is 11.0. The third-order valence-electron chi connectivity index (χ3n) is 3.21. The predicted molar refractivity (Wildman–Crippen MR) is 80.3 cm³/mol. The minimum absolute atomic E-state index is 0.137. The third-order valence-corrected chi connectivity index (χ3v) is 3.21. The summed E-state index contributed by atoms with van der Waals surface area (Å²) in [6.07, 6.45) is 9.81. The van der Waals surface area contributed by atoms with E-state index in [2.05, 4.69) is 10.6 Å². The van der Waals surface area contributed by atoms with Crippen molar-refractivity contribution in [3.63, 3.8) is 0 Å². The molecule has 0 aliphatic rings. The molecule has 0 aliphatic carbocycles. The molecule has 0 saturated heterocycles. The van der Waals surface area contributed by atoms with Crippen LogP contribution in [0.4, 0.5) is 0 Å². The topological polar surface area (TPSA) is 78.4 Å². The van der Waals surface area contributed by atoms with Gasteiger partial charge in [-0.3, -0.25) is 9.59 Å². The highest BCUT2D eigenvalue weighted by Gasteiger charge is 1.97. The molecule has 0 aromatic carbocycles. The van der Waals surface area contributed by atoms with E-state index in [-0.39, 0.29) is 11.8 Å². The molecule has 0 aromatic rings. The first-order chi connectivity index (χ1) is 9.70. The molecule has 3 N–H and O–H groups in total. The van der Waals surface area contributed by atoms with Crippen molar-refractivity contribution in [2.75, 3.05) is 19.7 Å². The van der Waals surface area contributed by atoms with Gasteiger partial charge in [0.05, 0.1) is 0 Å². The van der Waals surface area contributed by atoms with Gasteiger partial charge in [0, 0.05) is 19.5 Å². The predicted octanol–water partition coefficient (Wildman–Crippen LogP) is 1.74. The van der Waals surface area contributed by atoms with Crippen LogP contribution in [-0.4, -0.2) is 36.6 Å². The van der Waals surface area contributed by atoms with Crippen LogP contribution < -0.4 is 10.6 Å². The van der Waals surface area contributed by atoms with Crippen LogP contribution in [0.3, 0.4) is 0 Å². The van der Waals surface area contributed by atoms with Crippen LogP contribution in [0.1, 0.15) is 64.7 Å². The Morgan fingerprint density at radius 3 is 1.55 bits per heavy atom. The Morgan fingerprint density at radius 2 is 1.15 bits per heavy atom. The average molecular weight is 286 g/mol. The molecule has 0 atom stereocenters. The summed E-state index contributed by atoms with van der Waals surface area (Å²) >= 11 is 0. The molecule has 0 heterocycles. The maximum Gasteiger partial charge on any atom is 0.245 e. The number of hydrogen-bond donors (Lipinski definition) is 3. The third kappa shape index (κ3) is 13.3. The van der Waals surface area contributed by atoms with Crippen LogP contribution in [0.2, 0.25) is 0 Å². The van der Waals surface area contributed by atoms with Crippen LogP contribution in [0.15, 0.2) is 0 Å². The molecule has 5 heteroatoms. The van der Waals surface area contributed by atoms with Crippen LogP contribution in [0.25, 0.3) is 0 Å². The minimum Gasteiger partial charge on any atom is -0.387 e. The summed E-state index contributed by atoms with van der Waals surface area (Å²) in [5.41, 5.74) is 0. The van der Waals surface area contributed by atoms with Crippen LogP contribution in [0, 0.1) is 0 Å². The fourth-order valence-corrected chi connectivity index (χ4v) is 1.95. The molecule has 118 valence electrons.